The van der Waals surface area contributed by atoms with Gasteiger partial charge >= 0.3 is 6.18 Å². The van der Waals surface area contributed by atoms with Gasteiger partial charge < -0.3 is 10.6 Å². The van der Waals surface area contributed by atoms with Gasteiger partial charge in [-0.2, -0.15) is 24.5 Å². The molecule has 2 aromatic rings. The Morgan fingerprint density at radius 1 is 1.25 bits per heavy atom. The number of rotatable bonds is 3. The molecule has 0 aliphatic rings. The largest absolute Gasteiger partial charge is 0.416 e. The van der Waals surface area contributed by atoms with Crippen LogP contribution >= 0.6 is 11.3 Å². The topological polar surface area (TPSA) is 36.4 Å². The molecule has 0 spiro atoms. The second-order valence-corrected chi connectivity index (χ2v) is 5.57. The minimum Gasteiger partial charge on any atom is -0.352 e. The van der Waals surface area contributed by atoms with Crippen LogP contribution in [0.3, 0.4) is 0 Å². The first kappa shape index (κ1) is 17.9. The Kier molecular flexibility index (Phi) is 6.27. The Hall–Kier alpha value is -2.46. The Bertz CT molecular complexity index is 740. The summed E-state index contributed by atoms with van der Waals surface area (Å²) in [4.78, 5) is 4.06. The van der Waals surface area contributed by atoms with Gasteiger partial charge in [0, 0.05) is 19.2 Å². The molecule has 0 radical (unpaired) electrons. The molecule has 126 valence electrons. The van der Waals surface area contributed by atoms with Crippen molar-refractivity contribution < 1.29 is 13.2 Å². The first-order valence-electron chi connectivity index (χ1n) is 7.11. The zero-order chi connectivity index (χ0) is 17.4. The monoisotopic (exact) mass is 351 g/mol. The quantitative estimate of drug-likeness (QED) is 0.505. The predicted molar refractivity (Wildman–Crippen MR) is 90.8 cm³/mol. The summed E-state index contributed by atoms with van der Waals surface area (Å²) in [6.45, 7) is 0.920. The van der Waals surface area contributed by atoms with Crippen molar-refractivity contribution in [2.75, 3.05) is 13.6 Å². The number of alkyl halides is 3. The maximum Gasteiger partial charge on any atom is 0.416 e. The number of thiophene rings is 1. The molecular weight excluding hydrogens is 335 g/mol. The molecule has 0 atom stereocenters. The molecule has 0 saturated carbocycles. The smallest absolute Gasteiger partial charge is 0.352 e. The van der Waals surface area contributed by atoms with Crippen LogP contribution in [0.2, 0.25) is 0 Å². The lowest BCUT2D eigenvalue weighted by atomic mass is 10.1. The Balaban J connectivity index is 1.86. The molecule has 0 saturated heterocycles. The van der Waals surface area contributed by atoms with Gasteiger partial charge in [-0.05, 0) is 40.6 Å². The first-order chi connectivity index (χ1) is 11.5. The summed E-state index contributed by atoms with van der Waals surface area (Å²) in [7, 11) is 1.64. The summed E-state index contributed by atoms with van der Waals surface area (Å²) in [5, 5.41) is 10.2. The van der Waals surface area contributed by atoms with E-state index in [0.717, 1.165) is 17.7 Å². The minimum atomic E-state index is -4.36. The standard InChI is InChI=1S/C17H16F3N3S/c1-21-16(23-11-14-7-9-24-12-14)22-8-3-5-13-4-2-6-15(10-13)17(18,19)20/h2,4,6-7,9-10,12H,8,11H2,1H3,(H2,21,22,23). The predicted octanol–water partition coefficient (Wildman–Crippen LogP) is 3.48. The van der Waals surface area contributed by atoms with Gasteiger partial charge in [-0.15, -0.1) is 0 Å². The molecule has 2 N–H and O–H groups in total. The number of nitrogens with zero attached hydrogens (tertiary/aromatic N) is 1. The second-order valence-electron chi connectivity index (χ2n) is 4.79. The number of aliphatic imine (C=N–C) groups is 1. The van der Waals surface area contributed by atoms with Crippen LogP contribution in [0.5, 0.6) is 0 Å². The Morgan fingerprint density at radius 3 is 2.75 bits per heavy atom. The van der Waals surface area contributed by atoms with Gasteiger partial charge in [0.25, 0.3) is 0 Å². The molecule has 1 aromatic heterocycles. The van der Waals surface area contributed by atoms with E-state index in [1.165, 1.54) is 6.07 Å². The SMILES string of the molecule is CN=C(NCC#Cc1cccc(C(F)(F)F)c1)NCc1ccsc1. The van der Waals surface area contributed by atoms with Crippen molar-refractivity contribution in [1.29, 1.82) is 0 Å². The molecule has 1 aromatic carbocycles. The van der Waals surface area contributed by atoms with E-state index in [-0.39, 0.29) is 6.54 Å². The molecule has 0 amide bonds. The third kappa shape index (κ3) is 5.63. The van der Waals surface area contributed by atoms with Crippen molar-refractivity contribution in [1.82, 2.24) is 10.6 Å². The molecule has 0 unspecified atom stereocenters. The van der Waals surface area contributed by atoms with E-state index in [1.807, 2.05) is 16.8 Å². The molecule has 0 bridgehead atoms. The van der Waals surface area contributed by atoms with Crippen LogP contribution in [-0.2, 0) is 12.7 Å². The van der Waals surface area contributed by atoms with Gasteiger partial charge in [0.05, 0.1) is 12.1 Å². The summed E-state index contributed by atoms with van der Waals surface area (Å²) in [5.74, 6) is 6.09. The molecule has 0 aliphatic heterocycles. The highest BCUT2D eigenvalue weighted by molar-refractivity contribution is 7.07. The van der Waals surface area contributed by atoms with E-state index in [2.05, 4.69) is 27.5 Å². The van der Waals surface area contributed by atoms with Crippen LogP contribution in [0.25, 0.3) is 0 Å². The van der Waals surface area contributed by atoms with E-state index in [4.69, 9.17) is 0 Å². The summed E-state index contributed by atoms with van der Waals surface area (Å²) < 4.78 is 37.9. The fourth-order valence-electron chi connectivity index (χ4n) is 1.85. The van der Waals surface area contributed by atoms with Crippen molar-refractivity contribution in [3.8, 4) is 11.8 Å². The average Bonchev–Trinajstić information content (AvgIpc) is 3.07. The number of guanidine groups is 1. The zero-order valence-electron chi connectivity index (χ0n) is 12.9. The lowest BCUT2D eigenvalue weighted by Gasteiger charge is -2.08. The van der Waals surface area contributed by atoms with Crippen LogP contribution < -0.4 is 10.6 Å². The van der Waals surface area contributed by atoms with Crippen molar-refractivity contribution in [2.24, 2.45) is 4.99 Å². The second kappa shape index (κ2) is 8.41. The van der Waals surface area contributed by atoms with Gasteiger partial charge in [0.1, 0.15) is 0 Å². The third-order valence-corrected chi connectivity index (χ3v) is 3.76. The summed E-state index contributed by atoms with van der Waals surface area (Å²) in [6.07, 6.45) is -4.36. The van der Waals surface area contributed by atoms with Crippen LogP contribution in [0.4, 0.5) is 13.2 Å². The molecule has 3 nitrogen and oxygen atoms in total. The molecule has 0 aliphatic carbocycles. The highest BCUT2D eigenvalue weighted by Crippen LogP contribution is 2.29. The summed E-state index contributed by atoms with van der Waals surface area (Å²) >= 11 is 1.62. The fourth-order valence-corrected chi connectivity index (χ4v) is 2.52. The van der Waals surface area contributed by atoms with E-state index in [1.54, 1.807) is 24.5 Å². The molecule has 7 heteroatoms. The highest BCUT2D eigenvalue weighted by Gasteiger charge is 2.30. The normalized spacial score (nSPS) is 11.6. The lowest BCUT2D eigenvalue weighted by molar-refractivity contribution is -0.137. The maximum absolute atomic E-state index is 12.6. The van der Waals surface area contributed by atoms with Crippen LogP contribution in [-0.4, -0.2) is 19.6 Å². The van der Waals surface area contributed by atoms with Crippen LogP contribution in [0.15, 0.2) is 46.1 Å². The molecule has 1 heterocycles. The Labute approximate surface area is 142 Å². The number of hydrogen-bond donors (Lipinski definition) is 2. The van der Waals surface area contributed by atoms with Gasteiger partial charge in [-0.25, -0.2) is 0 Å². The number of benzene rings is 1. The molecule has 24 heavy (non-hydrogen) atoms. The van der Waals surface area contributed by atoms with E-state index < -0.39 is 11.7 Å². The summed E-state index contributed by atoms with van der Waals surface area (Å²) in [5.41, 5.74) is 0.779. The Morgan fingerprint density at radius 2 is 2.08 bits per heavy atom. The maximum atomic E-state index is 12.6. The first-order valence-corrected chi connectivity index (χ1v) is 8.05. The van der Waals surface area contributed by atoms with Crippen LogP contribution in [0, 0.1) is 11.8 Å². The van der Waals surface area contributed by atoms with E-state index >= 15 is 0 Å². The number of nitrogens with one attached hydrogen (secondary N) is 2. The highest BCUT2D eigenvalue weighted by atomic mass is 32.1. The minimum absolute atomic E-state index is 0.277. The van der Waals surface area contributed by atoms with Crippen molar-refractivity contribution >= 4 is 17.3 Å². The number of hydrogen-bond acceptors (Lipinski definition) is 2. The number of halogens is 3. The van der Waals surface area contributed by atoms with Crippen LogP contribution in [0.1, 0.15) is 16.7 Å². The third-order valence-electron chi connectivity index (χ3n) is 3.03. The van der Waals surface area contributed by atoms with Crippen molar-refractivity contribution in [2.45, 2.75) is 12.7 Å². The van der Waals surface area contributed by atoms with Crippen molar-refractivity contribution in [3.05, 3.63) is 57.8 Å². The molecular formula is C17H16F3N3S. The van der Waals surface area contributed by atoms with Gasteiger partial charge in [0.15, 0.2) is 5.96 Å². The van der Waals surface area contributed by atoms with Gasteiger partial charge in [-0.3, -0.25) is 4.99 Å². The average molecular weight is 351 g/mol. The fraction of sp³-hybridized carbons (Fsp3) is 0.235. The van der Waals surface area contributed by atoms with E-state index in [9.17, 15) is 13.2 Å². The summed E-state index contributed by atoms with van der Waals surface area (Å²) in [6, 6.07) is 6.97. The molecule has 0 fully saturated rings. The molecule has 2 rings (SSSR count). The van der Waals surface area contributed by atoms with Crippen molar-refractivity contribution in [3.63, 3.8) is 0 Å². The lowest BCUT2D eigenvalue weighted by Crippen LogP contribution is -2.36. The van der Waals surface area contributed by atoms with Gasteiger partial charge in [0.2, 0.25) is 0 Å². The van der Waals surface area contributed by atoms with E-state index in [0.29, 0.717) is 18.1 Å². The zero-order valence-corrected chi connectivity index (χ0v) is 13.8. The van der Waals surface area contributed by atoms with Gasteiger partial charge in [-0.1, -0.05) is 17.9 Å².